The maximum atomic E-state index is 5.76. The van der Waals surface area contributed by atoms with Gasteiger partial charge in [-0.25, -0.2) is 5.43 Å². The van der Waals surface area contributed by atoms with E-state index in [-0.39, 0.29) is 6.04 Å². The molecule has 0 bridgehead atoms. The molecule has 0 saturated carbocycles. The molecule has 0 fully saturated rings. The van der Waals surface area contributed by atoms with Crippen LogP contribution in [0.15, 0.2) is 36.4 Å². The second-order valence-electron chi connectivity index (χ2n) is 5.17. The van der Waals surface area contributed by atoms with Gasteiger partial charge in [-0.3, -0.25) is 5.84 Å². The second-order valence-corrected chi connectivity index (χ2v) is 5.17. The molecule has 0 aliphatic heterocycles. The summed E-state index contributed by atoms with van der Waals surface area (Å²) in [5.41, 5.74) is 8.81. The Hall–Kier alpha value is -1.84. The smallest absolute Gasteiger partial charge is 0.122 e. The number of hydrogen-bond donors (Lipinski definition) is 2. The van der Waals surface area contributed by atoms with E-state index in [2.05, 4.69) is 49.6 Å². The number of rotatable bonds is 4. The molecule has 3 nitrogen and oxygen atoms in total. The minimum Gasteiger partial charge on any atom is -0.496 e. The molecular weight excluding hydrogens is 248 g/mol. The topological polar surface area (TPSA) is 47.3 Å². The fourth-order valence-electron chi connectivity index (χ4n) is 2.35. The van der Waals surface area contributed by atoms with E-state index >= 15 is 0 Å². The lowest BCUT2D eigenvalue weighted by atomic mass is 9.95. The van der Waals surface area contributed by atoms with E-state index in [1.54, 1.807) is 7.11 Å². The van der Waals surface area contributed by atoms with Crippen molar-refractivity contribution in [3.63, 3.8) is 0 Å². The fourth-order valence-corrected chi connectivity index (χ4v) is 2.35. The number of ether oxygens (including phenoxy) is 1. The predicted octanol–water partition coefficient (Wildman–Crippen LogP) is 3.17. The number of nitrogens with two attached hydrogens (primary N) is 1. The van der Waals surface area contributed by atoms with E-state index in [1.807, 2.05) is 13.0 Å². The van der Waals surface area contributed by atoms with Crippen LogP contribution in [0.1, 0.15) is 33.9 Å². The van der Waals surface area contributed by atoms with Gasteiger partial charge in [0.05, 0.1) is 13.2 Å². The number of benzene rings is 2. The maximum absolute atomic E-state index is 5.76. The third kappa shape index (κ3) is 2.84. The quantitative estimate of drug-likeness (QED) is 0.662. The van der Waals surface area contributed by atoms with E-state index in [4.69, 9.17) is 10.6 Å². The number of aryl methyl sites for hydroxylation is 3. The molecule has 0 amide bonds. The predicted molar refractivity (Wildman–Crippen MR) is 82.8 cm³/mol. The van der Waals surface area contributed by atoms with Crippen molar-refractivity contribution in [2.75, 3.05) is 7.11 Å². The van der Waals surface area contributed by atoms with Crippen LogP contribution >= 0.6 is 0 Å². The van der Waals surface area contributed by atoms with Crippen molar-refractivity contribution in [3.8, 4) is 5.75 Å². The molecule has 2 aromatic rings. The molecule has 0 aromatic heterocycles. The molecule has 0 saturated heterocycles. The Morgan fingerprint density at radius 2 is 1.50 bits per heavy atom. The maximum Gasteiger partial charge on any atom is 0.122 e. The molecule has 2 aromatic carbocycles. The Kier molecular flexibility index (Phi) is 4.42. The zero-order chi connectivity index (χ0) is 14.7. The Balaban J connectivity index is 2.43. The summed E-state index contributed by atoms with van der Waals surface area (Å²) in [6.45, 7) is 6.25. The Bertz CT molecular complexity index is 608. The van der Waals surface area contributed by atoms with Crippen molar-refractivity contribution >= 4 is 0 Å². The van der Waals surface area contributed by atoms with Crippen LogP contribution in [0.5, 0.6) is 5.75 Å². The third-order valence-electron chi connectivity index (χ3n) is 3.80. The second kappa shape index (κ2) is 6.07. The van der Waals surface area contributed by atoms with Crippen LogP contribution in [-0.4, -0.2) is 7.11 Å². The number of nitrogens with one attached hydrogen (secondary N) is 1. The zero-order valence-electron chi connectivity index (χ0n) is 12.5. The van der Waals surface area contributed by atoms with Gasteiger partial charge in [0.1, 0.15) is 5.75 Å². The largest absolute Gasteiger partial charge is 0.496 e. The van der Waals surface area contributed by atoms with Crippen LogP contribution in [0.4, 0.5) is 0 Å². The summed E-state index contributed by atoms with van der Waals surface area (Å²) >= 11 is 0. The van der Waals surface area contributed by atoms with Crippen molar-refractivity contribution in [1.82, 2.24) is 5.43 Å². The van der Waals surface area contributed by atoms with Gasteiger partial charge in [0.15, 0.2) is 0 Å². The summed E-state index contributed by atoms with van der Waals surface area (Å²) in [4.78, 5) is 0. The minimum absolute atomic E-state index is 0.0381. The SMILES string of the molecule is COc1cc(C(NN)c2ccc(C)c(C)c2)ccc1C. The number of hydrogen-bond acceptors (Lipinski definition) is 3. The zero-order valence-corrected chi connectivity index (χ0v) is 12.5. The van der Waals surface area contributed by atoms with Gasteiger partial charge in [-0.05, 0) is 54.7 Å². The van der Waals surface area contributed by atoms with Crippen molar-refractivity contribution in [1.29, 1.82) is 0 Å². The monoisotopic (exact) mass is 270 g/mol. The molecule has 20 heavy (non-hydrogen) atoms. The summed E-state index contributed by atoms with van der Waals surface area (Å²) in [6.07, 6.45) is 0. The van der Waals surface area contributed by atoms with Crippen LogP contribution in [-0.2, 0) is 0 Å². The third-order valence-corrected chi connectivity index (χ3v) is 3.80. The molecular formula is C17H22N2O. The van der Waals surface area contributed by atoms with E-state index < -0.39 is 0 Å². The first-order valence-electron chi connectivity index (χ1n) is 6.74. The molecule has 0 aliphatic carbocycles. The van der Waals surface area contributed by atoms with Gasteiger partial charge in [-0.2, -0.15) is 0 Å². The fraction of sp³-hybridized carbons (Fsp3) is 0.294. The van der Waals surface area contributed by atoms with Gasteiger partial charge in [-0.15, -0.1) is 0 Å². The minimum atomic E-state index is -0.0381. The molecule has 1 atom stereocenters. The molecule has 0 heterocycles. The van der Waals surface area contributed by atoms with Gasteiger partial charge >= 0.3 is 0 Å². The van der Waals surface area contributed by atoms with E-state index in [0.717, 1.165) is 22.4 Å². The Morgan fingerprint density at radius 1 is 0.900 bits per heavy atom. The highest BCUT2D eigenvalue weighted by molar-refractivity contribution is 5.42. The van der Waals surface area contributed by atoms with E-state index in [0.29, 0.717) is 0 Å². The average molecular weight is 270 g/mol. The molecule has 2 rings (SSSR count). The van der Waals surface area contributed by atoms with Gasteiger partial charge in [0.25, 0.3) is 0 Å². The lowest BCUT2D eigenvalue weighted by Gasteiger charge is -2.19. The summed E-state index contributed by atoms with van der Waals surface area (Å²) < 4.78 is 5.39. The van der Waals surface area contributed by atoms with Gasteiger partial charge in [-0.1, -0.05) is 30.3 Å². The average Bonchev–Trinajstić information content (AvgIpc) is 2.45. The molecule has 0 spiro atoms. The normalized spacial score (nSPS) is 12.2. The Labute approximate surface area is 120 Å². The first-order valence-corrected chi connectivity index (χ1v) is 6.74. The van der Waals surface area contributed by atoms with Crippen molar-refractivity contribution in [2.24, 2.45) is 5.84 Å². The standard InChI is InChI=1S/C17H22N2O/c1-11-5-7-14(9-13(11)3)17(19-18)15-8-6-12(2)16(10-15)20-4/h5-10,17,19H,18H2,1-4H3. The lowest BCUT2D eigenvalue weighted by molar-refractivity contribution is 0.410. The summed E-state index contributed by atoms with van der Waals surface area (Å²) in [5.74, 6) is 6.64. The number of methoxy groups -OCH3 is 1. The van der Waals surface area contributed by atoms with Crippen LogP contribution < -0.4 is 16.0 Å². The van der Waals surface area contributed by atoms with Gasteiger partial charge in [0.2, 0.25) is 0 Å². The summed E-state index contributed by atoms with van der Waals surface area (Å²) in [7, 11) is 1.69. The molecule has 3 heteroatoms. The highest BCUT2D eigenvalue weighted by Gasteiger charge is 2.14. The van der Waals surface area contributed by atoms with E-state index in [9.17, 15) is 0 Å². The van der Waals surface area contributed by atoms with Crippen molar-refractivity contribution < 1.29 is 4.74 Å². The first kappa shape index (κ1) is 14.6. The van der Waals surface area contributed by atoms with E-state index in [1.165, 1.54) is 11.1 Å². The summed E-state index contributed by atoms with van der Waals surface area (Å²) in [5, 5.41) is 0. The van der Waals surface area contributed by atoms with Crippen LogP contribution in [0, 0.1) is 20.8 Å². The Morgan fingerprint density at radius 3 is 2.05 bits per heavy atom. The molecule has 1 unspecified atom stereocenters. The lowest BCUT2D eigenvalue weighted by Crippen LogP contribution is -2.29. The van der Waals surface area contributed by atoms with Gasteiger partial charge in [0, 0.05) is 0 Å². The molecule has 0 aliphatic rings. The van der Waals surface area contributed by atoms with Crippen LogP contribution in [0.2, 0.25) is 0 Å². The van der Waals surface area contributed by atoms with Gasteiger partial charge < -0.3 is 4.74 Å². The summed E-state index contributed by atoms with van der Waals surface area (Å²) in [6, 6.07) is 12.5. The van der Waals surface area contributed by atoms with Crippen LogP contribution in [0.3, 0.4) is 0 Å². The molecule has 3 N–H and O–H groups in total. The van der Waals surface area contributed by atoms with Crippen molar-refractivity contribution in [3.05, 3.63) is 64.2 Å². The highest BCUT2D eigenvalue weighted by Crippen LogP contribution is 2.28. The molecule has 106 valence electrons. The first-order chi connectivity index (χ1) is 9.56. The van der Waals surface area contributed by atoms with Crippen molar-refractivity contribution in [2.45, 2.75) is 26.8 Å². The highest BCUT2D eigenvalue weighted by atomic mass is 16.5. The molecule has 0 radical (unpaired) electrons. The van der Waals surface area contributed by atoms with Crippen LogP contribution in [0.25, 0.3) is 0 Å². The number of hydrazine groups is 1.